The fraction of sp³-hybridized carbons (Fsp3) is 0.571. The first-order valence-corrected chi connectivity index (χ1v) is 6.42. The van der Waals surface area contributed by atoms with E-state index in [-0.39, 0.29) is 6.61 Å². The Balaban J connectivity index is 2.64. The predicted octanol–water partition coefficient (Wildman–Crippen LogP) is 1.40. The van der Waals surface area contributed by atoms with E-state index in [9.17, 15) is 5.11 Å². The Morgan fingerprint density at radius 3 is 2.83 bits per heavy atom. The fourth-order valence-corrected chi connectivity index (χ4v) is 1.77. The van der Waals surface area contributed by atoms with E-state index in [0.29, 0.717) is 26.1 Å². The molecule has 3 N–H and O–H groups in total. The molecule has 0 heterocycles. The van der Waals surface area contributed by atoms with Gasteiger partial charge in [-0.25, -0.2) is 0 Å². The number of aryl methyl sites for hydroxylation is 1. The lowest BCUT2D eigenvalue weighted by molar-refractivity contribution is 0.167. The van der Waals surface area contributed by atoms with Crippen LogP contribution in [0.15, 0.2) is 18.2 Å². The number of benzene rings is 1. The minimum absolute atomic E-state index is 0.164. The molecule has 1 aromatic carbocycles. The maximum atomic E-state index is 10.1. The van der Waals surface area contributed by atoms with Crippen molar-refractivity contribution in [2.45, 2.75) is 26.4 Å². The van der Waals surface area contributed by atoms with Crippen LogP contribution in [0.3, 0.4) is 0 Å². The zero-order chi connectivity index (χ0) is 13.4. The maximum Gasteiger partial charge on any atom is 0.125 e. The van der Waals surface area contributed by atoms with Gasteiger partial charge in [-0.1, -0.05) is 11.6 Å². The molecule has 0 spiro atoms. The molecule has 1 rings (SSSR count). The summed E-state index contributed by atoms with van der Waals surface area (Å²) in [5.74, 6) is 0.736. The van der Waals surface area contributed by atoms with E-state index in [1.807, 2.05) is 32.0 Å². The van der Waals surface area contributed by atoms with E-state index < -0.39 is 6.10 Å². The van der Waals surface area contributed by atoms with Gasteiger partial charge < -0.3 is 20.3 Å². The van der Waals surface area contributed by atoms with Crippen molar-refractivity contribution in [1.29, 1.82) is 0 Å². The van der Waals surface area contributed by atoms with Gasteiger partial charge in [-0.2, -0.15) is 0 Å². The number of nitrogens with one attached hydrogen (secondary N) is 1. The van der Waals surface area contributed by atoms with Gasteiger partial charge in [-0.15, -0.1) is 0 Å². The number of hydrogen-bond donors (Lipinski definition) is 3. The number of aliphatic hydroxyl groups is 2. The highest BCUT2D eigenvalue weighted by atomic mass is 16.5. The zero-order valence-corrected chi connectivity index (χ0v) is 11.1. The van der Waals surface area contributed by atoms with Crippen LogP contribution in [0.2, 0.25) is 0 Å². The third-order valence-electron chi connectivity index (χ3n) is 2.67. The molecule has 0 aliphatic heterocycles. The van der Waals surface area contributed by atoms with Crippen molar-refractivity contribution in [2.75, 3.05) is 26.3 Å². The van der Waals surface area contributed by atoms with E-state index in [4.69, 9.17) is 9.84 Å². The van der Waals surface area contributed by atoms with Crippen molar-refractivity contribution in [1.82, 2.24) is 5.32 Å². The maximum absolute atomic E-state index is 10.1. The van der Waals surface area contributed by atoms with Gasteiger partial charge in [0.25, 0.3) is 0 Å². The van der Waals surface area contributed by atoms with Crippen LogP contribution < -0.4 is 10.1 Å². The van der Waals surface area contributed by atoms with Crippen LogP contribution in [-0.4, -0.2) is 36.5 Å². The third kappa shape index (κ3) is 4.64. The summed E-state index contributed by atoms with van der Waals surface area (Å²) in [6.07, 6.45) is 0.101. The Morgan fingerprint density at radius 2 is 2.17 bits per heavy atom. The molecule has 0 saturated carbocycles. The Hall–Kier alpha value is -1.10. The lowest BCUT2D eigenvalue weighted by Gasteiger charge is -2.17. The molecule has 0 aromatic heterocycles. The highest BCUT2D eigenvalue weighted by molar-refractivity contribution is 5.38. The molecule has 4 heteroatoms. The molecule has 0 aliphatic carbocycles. The molecule has 18 heavy (non-hydrogen) atoms. The number of aliphatic hydroxyl groups excluding tert-OH is 2. The Bertz CT molecular complexity index is 355. The van der Waals surface area contributed by atoms with E-state index in [0.717, 1.165) is 16.9 Å². The molecule has 4 nitrogen and oxygen atoms in total. The molecule has 0 bridgehead atoms. The lowest BCUT2D eigenvalue weighted by Crippen LogP contribution is -2.23. The van der Waals surface area contributed by atoms with Crippen molar-refractivity contribution < 1.29 is 14.9 Å². The zero-order valence-electron chi connectivity index (χ0n) is 11.1. The van der Waals surface area contributed by atoms with Gasteiger partial charge in [0.15, 0.2) is 0 Å². The lowest BCUT2D eigenvalue weighted by atomic mass is 10.1. The fourth-order valence-electron chi connectivity index (χ4n) is 1.77. The van der Waals surface area contributed by atoms with Gasteiger partial charge in [0.1, 0.15) is 5.75 Å². The second-order valence-electron chi connectivity index (χ2n) is 4.27. The number of ether oxygens (including phenoxy) is 1. The van der Waals surface area contributed by atoms with Crippen molar-refractivity contribution >= 4 is 0 Å². The minimum atomic E-state index is -0.592. The van der Waals surface area contributed by atoms with Gasteiger partial charge in [0, 0.05) is 18.7 Å². The largest absolute Gasteiger partial charge is 0.493 e. The quantitative estimate of drug-likeness (QED) is 0.613. The summed E-state index contributed by atoms with van der Waals surface area (Å²) in [7, 11) is 0. The van der Waals surface area contributed by atoms with Gasteiger partial charge in [-0.05, 0) is 38.9 Å². The first kappa shape index (κ1) is 15.0. The summed E-state index contributed by atoms with van der Waals surface area (Å²) < 4.78 is 5.51. The summed E-state index contributed by atoms with van der Waals surface area (Å²) in [6, 6.07) is 5.81. The van der Waals surface area contributed by atoms with Gasteiger partial charge in [0.2, 0.25) is 0 Å². The van der Waals surface area contributed by atoms with Crippen LogP contribution in [0.1, 0.15) is 30.6 Å². The Labute approximate surface area is 109 Å². The number of hydrogen-bond acceptors (Lipinski definition) is 4. The van der Waals surface area contributed by atoms with Crippen LogP contribution in [0.5, 0.6) is 5.75 Å². The average Bonchev–Trinajstić information content (AvgIpc) is 2.37. The molecule has 0 fully saturated rings. The first-order valence-electron chi connectivity index (χ1n) is 6.42. The molecule has 0 saturated heterocycles. The summed E-state index contributed by atoms with van der Waals surface area (Å²) in [5.41, 5.74) is 1.91. The van der Waals surface area contributed by atoms with Crippen LogP contribution in [0, 0.1) is 6.92 Å². The molecule has 102 valence electrons. The van der Waals surface area contributed by atoms with Crippen molar-refractivity contribution in [3.63, 3.8) is 0 Å². The van der Waals surface area contributed by atoms with Gasteiger partial charge >= 0.3 is 0 Å². The summed E-state index contributed by atoms with van der Waals surface area (Å²) in [5, 5.41) is 21.9. The van der Waals surface area contributed by atoms with Crippen LogP contribution in [-0.2, 0) is 0 Å². The van der Waals surface area contributed by atoms with E-state index in [1.165, 1.54) is 0 Å². The van der Waals surface area contributed by atoms with Crippen LogP contribution in [0.25, 0.3) is 0 Å². The van der Waals surface area contributed by atoms with E-state index in [2.05, 4.69) is 5.32 Å². The number of rotatable bonds is 8. The molecular formula is C14H23NO3. The van der Waals surface area contributed by atoms with Crippen molar-refractivity contribution in [3.05, 3.63) is 29.3 Å². The van der Waals surface area contributed by atoms with Crippen molar-refractivity contribution in [3.8, 4) is 5.75 Å². The third-order valence-corrected chi connectivity index (χ3v) is 2.67. The highest BCUT2D eigenvalue weighted by Gasteiger charge is 2.13. The highest BCUT2D eigenvalue weighted by Crippen LogP contribution is 2.26. The molecule has 1 atom stereocenters. The van der Waals surface area contributed by atoms with E-state index in [1.54, 1.807) is 0 Å². The van der Waals surface area contributed by atoms with Gasteiger partial charge in [-0.3, -0.25) is 0 Å². The minimum Gasteiger partial charge on any atom is -0.493 e. The average molecular weight is 253 g/mol. The summed E-state index contributed by atoms with van der Waals surface area (Å²) >= 11 is 0. The molecule has 0 aliphatic rings. The Kier molecular flexibility index (Phi) is 6.72. The molecule has 0 radical (unpaired) electrons. The second-order valence-corrected chi connectivity index (χ2v) is 4.27. The molecular weight excluding hydrogens is 230 g/mol. The normalized spacial score (nSPS) is 12.4. The standard InChI is InChI=1S/C14H23NO3/c1-3-18-14-6-5-11(2)9-12(14)13(17)10-15-7-4-8-16/h5-6,9,13,15-17H,3-4,7-8,10H2,1-2H3. The summed E-state index contributed by atoms with van der Waals surface area (Å²) in [4.78, 5) is 0. The smallest absolute Gasteiger partial charge is 0.125 e. The SMILES string of the molecule is CCOc1ccc(C)cc1C(O)CNCCCO. The van der Waals surface area contributed by atoms with Crippen molar-refractivity contribution in [2.24, 2.45) is 0 Å². The predicted molar refractivity (Wildman–Crippen MR) is 71.9 cm³/mol. The topological polar surface area (TPSA) is 61.7 Å². The molecule has 1 aromatic rings. The molecule has 1 unspecified atom stereocenters. The van der Waals surface area contributed by atoms with Crippen LogP contribution >= 0.6 is 0 Å². The van der Waals surface area contributed by atoms with Gasteiger partial charge in [0.05, 0.1) is 12.7 Å². The molecule has 0 amide bonds. The summed E-state index contributed by atoms with van der Waals surface area (Å²) in [6.45, 7) is 5.83. The monoisotopic (exact) mass is 253 g/mol. The second kappa shape index (κ2) is 8.08. The first-order chi connectivity index (χ1) is 8.69. The van der Waals surface area contributed by atoms with E-state index >= 15 is 0 Å². The Morgan fingerprint density at radius 1 is 1.39 bits per heavy atom. The van der Waals surface area contributed by atoms with Crippen LogP contribution in [0.4, 0.5) is 0 Å².